The van der Waals surface area contributed by atoms with Crippen LogP contribution < -0.4 is 10.1 Å². The molecule has 1 atom stereocenters. The van der Waals surface area contributed by atoms with Gasteiger partial charge in [0.1, 0.15) is 28.7 Å². The standard InChI is InChI=1S/C24H22FN3O4/c1-14-4-7-22(26-13-14)27-23(29)15-10-20-18(8-9-31-20)21(11-15)32-16-5-6-17(19(25)12-16)24(30)28(2)3/h4-12,14H,13H2,1-3H3,(H,26,27,29). The van der Waals surface area contributed by atoms with Crippen LogP contribution in [0.4, 0.5) is 4.39 Å². The molecule has 1 aliphatic rings. The van der Waals surface area contributed by atoms with Crippen molar-refractivity contribution in [2.45, 2.75) is 6.92 Å². The summed E-state index contributed by atoms with van der Waals surface area (Å²) in [6.07, 6.45) is 5.23. The molecule has 0 saturated carbocycles. The van der Waals surface area contributed by atoms with Crippen LogP contribution in [0.1, 0.15) is 27.6 Å². The Morgan fingerprint density at radius 3 is 2.72 bits per heavy atom. The quantitative estimate of drug-likeness (QED) is 0.658. The van der Waals surface area contributed by atoms with Crippen molar-refractivity contribution in [3.05, 3.63) is 71.8 Å². The molecule has 0 fully saturated rings. The van der Waals surface area contributed by atoms with Crippen LogP contribution in [-0.2, 0) is 0 Å². The van der Waals surface area contributed by atoms with Gasteiger partial charge in [0, 0.05) is 32.3 Å². The number of amides is 2. The minimum Gasteiger partial charge on any atom is -0.464 e. The summed E-state index contributed by atoms with van der Waals surface area (Å²) in [5.74, 6) is -0.194. The second-order valence-corrected chi connectivity index (χ2v) is 7.77. The fourth-order valence-electron chi connectivity index (χ4n) is 3.24. The van der Waals surface area contributed by atoms with Gasteiger partial charge < -0.3 is 19.4 Å². The molecule has 8 heteroatoms. The van der Waals surface area contributed by atoms with Gasteiger partial charge in [-0.15, -0.1) is 0 Å². The van der Waals surface area contributed by atoms with E-state index in [-0.39, 0.29) is 17.2 Å². The van der Waals surface area contributed by atoms with Crippen molar-refractivity contribution in [3.8, 4) is 11.5 Å². The summed E-state index contributed by atoms with van der Waals surface area (Å²) in [7, 11) is 3.10. The minimum atomic E-state index is -0.699. The Bertz CT molecular complexity index is 1260. The number of hydrogen-bond donors (Lipinski definition) is 1. The predicted molar refractivity (Wildman–Crippen MR) is 119 cm³/mol. The Labute approximate surface area is 184 Å². The van der Waals surface area contributed by atoms with Gasteiger partial charge in [-0.2, -0.15) is 0 Å². The lowest BCUT2D eigenvalue weighted by atomic mass is 10.1. The van der Waals surface area contributed by atoms with Gasteiger partial charge in [0.15, 0.2) is 0 Å². The molecule has 0 saturated heterocycles. The Morgan fingerprint density at radius 1 is 1.22 bits per heavy atom. The zero-order valence-corrected chi connectivity index (χ0v) is 17.9. The summed E-state index contributed by atoms with van der Waals surface area (Å²) in [6, 6.07) is 8.86. The summed E-state index contributed by atoms with van der Waals surface area (Å²) >= 11 is 0. The van der Waals surface area contributed by atoms with E-state index in [9.17, 15) is 14.0 Å². The lowest BCUT2D eigenvalue weighted by molar-refractivity contribution is 0.0822. The summed E-state index contributed by atoms with van der Waals surface area (Å²) in [5.41, 5.74) is 0.693. The summed E-state index contributed by atoms with van der Waals surface area (Å²) < 4.78 is 25.8. The van der Waals surface area contributed by atoms with Crippen molar-refractivity contribution in [2.24, 2.45) is 10.9 Å². The van der Waals surface area contributed by atoms with Crippen molar-refractivity contribution < 1.29 is 23.1 Å². The van der Waals surface area contributed by atoms with Crippen molar-refractivity contribution in [3.63, 3.8) is 0 Å². The van der Waals surface area contributed by atoms with Gasteiger partial charge in [0.2, 0.25) is 0 Å². The van der Waals surface area contributed by atoms with E-state index in [0.29, 0.717) is 40.6 Å². The molecule has 0 spiro atoms. The van der Waals surface area contributed by atoms with Gasteiger partial charge in [0.25, 0.3) is 11.8 Å². The Balaban J connectivity index is 1.61. The van der Waals surface area contributed by atoms with E-state index >= 15 is 0 Å². The zero-order chi connectivity index (χ0) is 22.8. The molecule has 2 aromatic carbocycles. The van der Waals surface area contributed by atoms with Crippen molar-refractivity contribution >= 4 is 28.6 Å². The number of fused-ring (bicyclic) bond motifs is 1. The average molecular weight is 435 g/mol. The van der Waals surface area contributed by atoms with Crippen LogP contribution in [0.3, 0.4) is 0 Å². The number of nitrogens with zero attached hydrogens (tertiary/aromatic N) is 2. The molecule has 2 amide bonds. The molecule has 0 aliphatic carbocycles. The molecule has 1 aliphatic heterocycles. The number of carbonyl (C=O) groups excluding carboxylic acids is 2. The molecule has 0 bridgehead atoms. The maximum absolute atomic E-state index is 14.5. The number of hydrogen-bond acceptors (Lipinski definition) is 5. The minimum absolute atomic E-state index is 0.0560. The van der Waals surface area contributed by atoms with Crippen LogP contribution in [0.5, 0.6) is 11.5 Å². The summed E-state index contributed by atoms with van der Waals surface area (Å²) in [6.45, 7) is 2.65. The van der Waals surface area contributed by atoms with E-state index in [2.05, 4.69) is 10.3 Å². The maximum atomic E-state index is 14.5. The fraction of sp³-hybridized carbons (Fsp3) is 0.208. The molecule has 7 nitrogen and oxygen atoms in total. The van der Waals surface area contributed by atoms with Crippen molar-refractivity contribution in [1.29, 1.82) is 0 Å². The fourth-order valence-corrected chi connectivity index (χ4v) is 3.24. The highest BCUT2D eigenvalue weighted by Gasteiger charge is 2.18. The molecule has 3 aromatic rings. The molecule has 1 unspecified atom stereocenters. The lowest BCUT2D eigenvalue weighted by Gasteiger charge is -2.14. The third-order valence-electron chi connectivity index (χ3n) is 4.97. The monoisotopic (exact) mass is 435 g/mol. The average Bonchev–Trinajstić information content (AvgIpc) is 3.24. The van der Waals surface area contributed by atoms with Crippen LogP contribution in [0, 0.1) is 11.7 Å². The lowest BCUT2D eigenvalue weighted by Crippen LogP contribution is -2.31. The molecule has 2 heterocycles. The van der Waals surface area contributed by atoms with Crippen molar-refractivity contribution in [1.82, 2.24) is 10.2 Å². The second kappa shape index (κ2) is 8.66. The van der Waals surface area contributed by atoms with Crippen LogP contribution in [0.15, 0.2) is 64.2 Å². The van der Waals surface area contributed by atoms with E-state index in [1.807, 2.05) is 13.0 Å². The van der Waals surface area contributed by atoms with Crippen LogP contribution >= 0.6 is 0 Å². The maximum Gasteiger partial charge on any atom is 0.257 e. The summed E-state index contributed by atoms with van der Waals surface area (Å²) in [5, 5.41) is 3.39. The van der Waals surface area contributed by atoms with Crippen LogP contribution in [0.2, 0.25) is 0 Å². The van der Waals surface area contributed by atoms with Gasteiger partial charge in [-0.3, -0.25) is 14.6 Å². The Hall–Kier alpha value is -3.94. The van der Waals surface area contributed by atoms with Crippen LogP contribution in [-0.4, -0.2) is 43.2 Å². The van der Waals surface area contributed by atoms with E-state index in [1.54, 1.807) is 38.4 Å². The SMILES string of the molecule is CC1C=CC(NC(=O)c2cc(Oc3ccc(C(=O)N(C)C)c(F)c3)c3ccoc3c2)=NC1. The smallest absolute Gasteiger partial charge is 0.257 e. The van der Waals surface area contributed by atoms with Gasteiger partial charge in [-0.1, -0.05) is 13.0 Å². The first-order valence-electron chi connectivity index (χ1n) is 10.1. The summed E-state index contributed by atoms with van der Waals surface area (Å²) in [4.78, 5) is 30.5. The molecule has 164 valence electrons. The normalized spacial score (nSPS) is 15.4. The second-order valence-electron chi connectivity index (χ2n) is 7.77. The third-order valence-corrected chi connectivity index (χ3v) is 4.97. The van der Waals surface area contributed by atoms with Crippen LogP contribution in [0.25, 0.3) is 11.0 Å². The molecular weight excluding hydrogens is 413 g/mol. The topological polar surface area (TPSA) is 84.1 Å². The molecule has 0 radical (unpaired) electrons. The highest BCUT2D eigenvalue weighted by molar-refractivity contribution is 6.11. The van der Waals surface area contributed by atoms with Crippen molar-refractivity contribution in [2.75, 3.05) is 20.6 Å². The number of carbonyl (C=O) groups is 2. The molecule has 32 heavy (non-hydrogen) atoms. The van der Waals surface area contributed by atoms with Gasteiger partial charge in [-0.05, 0) is 42.3 Å². The number of ether oxygens (including phenoxy) is 1. The zero-order valence-electron chi connectivity index (χ0n) is 17.9. The number of aliphatic imine (C=N–C) groups is 1. The number of halogens is 1. The number of dihydropyridines is 1. The van der Waals surface area contributed by atoms with E-state index in [4.69, 9.17) is 9.15 Å². The predicted octanol–water partition coefficient (Wildman–Crippen LogP) is 4.40. The largest absolute Gasteiger partial charge is 0.464 e. The molecule has 4 rings (SSSR count). The third kappa shape index (κ3) is 4.39. The number of nitrogens with one attached hydrogen (secondary N) is 1. The molecular formula is C24H22FN3O4. The van der Waals surface area contributed by atoms with Gasteiger partial charge in [-0.25, -0.2) is 4.39 Å². The van der Waals surface area contributed by atoms with Gasteiger partial charge in [0.05, 0.1) is 17.2 Å². The molecule has 1 aromatic heterocycles. The molecule has 1 N–H and O–H groups in total. The van der Waals surface area contributed by atoms with Gasteiger partial charge >= 0.3 is 0 Å². The number of furan rings is 1. The van der Waals surface area contributed by atoms with E-state index in [0.717, 1.165) is 6.07 Å². The first-order valence-corrected chi connectivity index (χ1v) is 10.1. The number of rotatable bonds is 4. The first kappa shape index (κ1) is 21.3. The Kier molecular flexibility index (Phi) is 5.77. The first-order chi connectivity index (χ1) is 15.3. The Morgan fingerprint density at radius 2 is 2.03 bits per heavy atom. The highest BCUT2D eigenvalue weighted by Crippen LogP contribution is 2.33. The van der Waals surface area contributed by atoms with E-state index < -0.39 is 11.7 Å². The number of amidine groups is 1. The van der Waals surface area contributed by atoms with E-state index in [1.165, 1.54) is 23.3 Å². The highest BCUT2D eigenvalue weighted by atomic mass is 19.1. The number of benzene rings is 2.